The van der Waals surface area contributed by atoms with Gasteiger partial charge in [0.1, 0.15) is 6.10 Å². The van der Waals surface area contributed by atoms with E-state index in [2.05, 4.69) is 4.98 Å². The van der Waals surface area contributed by atoms with E-state index < -0.39 is 5.79 Å². The zero-order valence-corrected chi connectivity index (χ0v) is 12.6. The minimum atomic E-state index is -1.06. The van der Waals surface area contributed by atoms with Gasteiger partial charge in [-0.1, -0.05) is 29.3 Å². The van der Waals surface area contributed by atoms with Gasteiger partial charge in [0, 0.05) is 23.0 Å². The molecule has 0 radical (unpaired) electrons. The highest BCUT2D eigenvalue weighted by molar-refractivity contribution is 6.35. The molecule has 1 saturated heterocycles. The molecular formula is C14H14Cl2N2O3. The van der Waals surface area contributed by atoms with Crippen LogP contribution in [0.3, 0.4) is 0 Å². The normalized spacial score (nSPS) is 25.4. The Hall–Kier alpha value is -1.11. The molecule has 1 fully saturated rings. The van der Waals surface area contributed by atoms with E-state index in [-0.39, 0.29) is 12.7 Å². The molecule has 2 heterocycles. The van der Waals surface area contributed by atoms with E-state index in [0.29, 0.717) is 28.8 Å². The molecule has 112 valence electrons. The second-order valence-corrected chi connectivity index (χ2v) is 5.69. The number of ether oxygens (including phenoxy) is 2. The van der Waals surface area contributed by atoms with Crippen molar-refractivity contribution in [3.8, 4) is 0 Å². The average molecular weight is 329 g/mol. The summed E-state index contributed by atoms with van der Waals surface area (Å²) in [4.78, 5) is 4.01. The van der Waals surface area contributed by atoms with Gasteiger partial charge >= 0.3 is 0 Å². The van der Waals surface area contributed by atoms with E-state index in [0.717, 1.165) is 0 Å². The van der Waals surface area contributed by atoms with Crippen molar-refractivity contribution in [1.29, 1.82) is 0 Å². The highest BCUT2D eigenvalue weighted by atomic mass is 35.5. The van der Waals surface area contributed by atoms with Crippen LogP contribution in [-0.2, 0) is 21.8 Å². The third kappa shape index (κ3) is 2.93. The van der Waals surface area contributed by atoms with Crippen LogP contribution in [0.15, 0.2) is 36.9 Å². The van der Waals surface area contributed by atoms with Crippen molar-refractivity contribution < 1.29 is 14.6 Å². The molecule has 21 heavy (non-hydrogen) atoms. The molecule has 0 amide bonds. The average Bonchev–Trinajstić information content (AvgIpc) is 3.09. The molecule has 1 aliphatic rings. The first-order valence-electron chi connectivity index (χ1n) is 6.47. The fraction of sp³-hybridized carbons (Fsp3) is 0.357. The van der Waals surface area contributed by atoms with Crippen molar-refractivity contribution >= 4 is 23.2 Å². The Morgan fingerprint density at radius 3 is 2.90 bits per heavy atom. The van der Waals surface area contributed by atoms with Crippen LogP contribution in [0, 0.1) is 0 Å². The molecule has 5 nitrogen and oxygen atoms in total. The number of nitrogens with zero attached hydrogens (tertiary/aromatic N) is 2. The number of benzene rings is 1. The molecule has 2 aromatic rings. The Morgan fingerprint density at radius 2 is 2.29 bits per heavy atom. The second kappa shape index (κ2) is 5.94. The summed E-state index contributed by atoms with van der Waals surface area (Å²) in [5, 5.41) is 10.3. The Kier molecular flexibility index (Phi) is 4.19. The van der Waals surface area contributed by atoms with Gasteiger partial charge in [-0.05, 0) is 12.1 Å². The topological polar surface area (TPSA) is 56.5 Å². The van der Waals surface area contributed by atoms with Gasteiger partial charge < -0.3 is 19.1 Å². The standard InChI is InChI=1S/C14H14Cl2N2O3/c15-10-1-2-12(13(16)5-10)14(8-18-4-3-17-9-18)20-7-11(6-19)21-14/h1-5,9,11,19H,6-8H2/t11-,14-/m1/s1. The molecule has 0 aliphatic carbocycles. The van der Waals surface area contributed by atoms with Gasteiger partial charge in [0.25, 0.3) is 0 Å². The van der Waals surface area contributed by atoms with Crippen molar-refractivity contribution in [3.05, 3.63) is 52.5 Å². The van der Waals surface area contributed by atoms with Crippen molar-refractivity contribution in [3.63, 3.8) is 0 Å². The summed E-state index contributed by atoms with van der Waals surface area (Å²) < 4.78 is 13.6. The van der Waals surface area contributed by atoms with Gasteiger partial charge in [0.15, 0.2) is 0 Å². The molecule has 0 unspecified atom stereocenters. The fourth-order valence-corrected chi connectivity index (χ4v) is 2.94. The highest BCUT2D eigenvalue weighted by Gasteiger charge is 2.44. The number of imidazole rings is 1. The van der Waals surface area contributed by atoms with E-state index in [1.54, 1.807) is 30.7 Å². The summed E-state index contributed by atoms with van der Waals surface area (Å²) in [6.45, 7) is 0.561. The molecule has 1 aromatic carbocycles. The summed E-state index contributed by atoms with van der Waals surface area (Å²) in [5.41, 5.74) is 0.679. The monoisotopic (exact) mass is 328 g/mol. The van der Waals surface area contributed by atoms with Crippen LogP contribution in [0.5, 0.6) is 0 Å². The smallest absolute Gasteiger partial charge is 0.215 e. The molecule has 2 atom stereocenters. The molecular weight excluding hydrogens is 315 g/mol. The van der Waals surface area contributed by atoms with Crippen LogP contribution in [0.4, 0.5) is 0 Å². The van der Waals surface area contributed by atoms with Crippen LogP contribution in [0.25, 0.3) is 0 Å². The van der Waals surface area contributed by atoms with Crippen LogP contribution >= 0.6 is 23.2 Å². The molecule has 0 bridgehead atoms. The molecule has 7 heteroatoms. The summed E-state index contributed by atoms with van der Waals surface area (Å²) in [6, 6.07) is 5.16. The van der Waals surface area contributed by atoms with E-state index in [1.165, 1.54) is 0 Å². The first-order chi connectivity index (χ1) is 10.1. The maximum absolute atomic E-state index is 9.31. The van der Waals surface area contributed by atoms with E-state index >= 15 is 0 Å². The molecule has 1 N–H and O–H groups in total. The van der Waals surface area contributed by atoms with Crippen LogP contribution in [0.2, 0.25) is 10.0 Å². The Balaban J connectivity index is 1.99. The summed E-state index contributed by atoms with van der Waals surface area (Å²) in [5.74, 6) is -1.06. The Morgan fingerprint density at radius 1 is 1.43 bits per heavy atom. The van der Waals surface area contributed by atoms with Gasteiger partial charge in [0.05, 0.1) is 31.1 Å². The third-order valence-electron chi connectivity index (χ3n) is 3.35. The van der Waals surface area contributed by atoms with Gasteiger partial charge in [-0.2, -0.15) is 0 Å². The number of hydrogen-bond donors (Lipinski definition) is 1. The predicted octanol–water partition coefficient (Wildman–Crippen LogP) is 2.45. The van der Waals surface area contributed by atoms with Gasteiger partial charge in [-0.3, -0.25) is 0 Å². The van der Waals surface area contributed by atoms with Crippen molar-refractivity contribution in [1.82, 2.24) is 9.55 Å². The first kappa shape index (κ1) is 14.8. The van der Waals surface area contributed by atoms with Crippen molar-refractivity contribution in [2.75, 3.05) is 13.2 Å². The fourth-order valence-electron chi connectivity index (χ4n) is 2.38. The SMILES string of the molecule is OC[C@@H]1CO[C@@](Cn2ccnc2)(c2ccc(Cl)cc2Cl)O1. The molecule has 1 aliphatic heterocycles. The lowest BCUT2D eigenvalue weighted by Crippen LogP contribution is -2.34. The number of rotatable bonds is 4. The van der Waals surface area contributed by atoms with Crippen LogP contribution < -0.4 is 0 Å². The minimum Gasteiger partial charge on any atom is -0.394 e. The zero-order valence-electron chi connectivity index (χ0n) is 11.1. The van der Waals surface area contributed by atoms with Crippen molar-refractivity contribution in [2.45, 2.75) is 18.4 Å². The highest BCUT2D eigenvalue weighted by Crippen LogP contribution is 2.40. The van der Waals surface area contributed by atoms with E-state index in [1.807, 2.05) is 10.8 Å². The largest absolute Gasteiger partial charge is 0.394 e. The molecule has 3 rings (SSSR count). The first-order valence-corrected chi connectivity index (χ1v) is 7.22. The number of aliphatic hydroxyl groups excluding tert-OH is 1. The number of aromatic nitrogens is 2. The number of aliphatic hydroxyl groups is 1. The number of hydrogen-bond acceptors (Lipinski definition) is 4. The Labute approximate surface area is 132 Å². The van der Waals surface area contributed by atoms with Crippen LogP contribution in [-0.4, -0.2) is 34.0 Å². The summed E-state index contributed by atoms with van der Waals surface area (Å²) >= 11 is 12.2. The van der Waals surface area contributed by atoms with Gasteiger partial charge in [-0.15, -0.1) is 0 Å². The summed E-state index contributed by atoms with van der Waals surface area (Å²) in [6.07, 6.45) is 4.77. The molecule has 0 spiro atoms. The number of halogens is 2. The van der Waals surface area contributed by atoms with E-state index in [9.17, 15) is 5.11 Å². The Bertz CT molecular complexity index is 621. The second-order valence-electron chi connectivity index (χ2n) is 4.85. The maximum Gasteiger partial charge on any atom is 0.215 e. The van der Waals surface area contributed by atoms with E-state index in [4.69, 9.17) is 32.7 Å². The van der Waals surface area contributed by atoms with Gasteiger partial charge in [0.2, 0.25) is 5.79 Å². The lowest BCUT2D eigenvalue weighted by molar-refractivity contribution is -0.189. The van der Waals surface area contributed by atoms with Gasteiger partial charge in [-0.25, -0.2) is 4.98 Å². The molecule has 1 aromatic heterocycles. The maximum atomic E-state index is 9.31. The van der Waals surface area contributed by atoms with Crippen LogP contribution in [0.1, 0.15) is 5.56 Å². The lowest BCUT2D eigenvalue weighted by Gasteiger charge is -2.29. The third-order valence-corrected chi connectivity index (χ3v) is 3.90. The lowest BCUT2D eigenvalue weighted by atomic mass is 10.1. The minimum absolute atomic E-state index is 0.114. The van der Waals surface area contributed by atoms with Crippen molar-refractivity contribution in [2.24, 2.45) is 0 Å². The quantitative estimate of drug-likeness (QED) is 0.936. The molecule has 0 saturated carbocycles. The predicted molar refractivity (Wildman–Crippen MR) is 78.3 cm³/mol. The summed E-state index contributed by atoms with van der Waals surface area (Å²) in [7, 11) is 0. The zero-order chi connectivity index (χ0) is 14.9.